The van der Waals surface area contributed by atoms with E-state index in [1.54, 1.807) is 0 Å². The summed E-state index contributed by atoms with van der Waals surface area (Å²) in [5.41, 5.74) is 0. The fourth-order valence-electron chi connectivity index (χ4n) is 3.63. The molecule has 3 atom stereocenters. The molecule has 38 heavy (non-hydrogen) atoms. The van der Waals surface area contributed by atoms with Gasteiger partial charge in [-0.2, -0.15) is 0 Å². The van der Waals surface area contributed by atoms with E-state index in [-0.39, 0.29) is 31.2 Å². The van der Waals surface area contributed by atoms with Crippen LogP contribution < -0.4 is 0 Å². The van der Waals surface area contributed by atoms with Gasteiger partial charge in [-0.05, 0) is 51.9 Å². The Labute approximate surface area is 227 Å². The molecule has 4 N–H and O–H groups in total. The Bertz CT molecular complexity index is 498. The number of aliphatic hydroxyl groups is 4. The Hall–Kier alpha value is -0.480. The normalized spacial score (nSPS) is 29.0. The first-order valence-electron chi connectivity index (χ1n) is 13.7. The van der Waals surface area contributed by atoms with Crippen molar-refractivity contribution in [2.45, 2.75) is 83.1 Å². The van der Waals surface area contributed by atoms with E-state index in [1.165, 1.54) is 0 Å². The first kappa shape index (κ1) is 35.5. The quantitative estimate of drug-likeness (QED) is 0.387. The van der Waals surface area contributed by atoms with Crippen molar-refractivity contribution in [2.24, 2.45) is 5.92 Å². The molecule has 5 rings (SSSR count). The Morgan fingerprint density at radius 2 is 1.34 bits per heavy atom. The van der Waals surface area contributed by atoms with Gasteiger partial charge in [0.15, 0.2) is 5.79 Å². The summed E-state index contributed by atoms with van der Waals surface area (Å²) in [6, 6.07) is 0. The summed E-state index contributed by atoms with van der Waals surface area (Å²) < 4.78 is 40.0. The Balaban J connectivity index is 0.000000238. The summed E-state index contributed by atoms with van der Waals surface area (Å²) in [6.07, 6.45) is 5.27. The van der Waals surface area contributed by atoms with E-state index in [0.717, 1.165) is 58.5 Å². The van der Waals surface area contributed by atoms with Crippen LogP contribution in [0.1, 0.15) is 52.9 Å². The summed E-state index contributed by atoms with van der Waals surface area (Å²) in [4.78, 5) is 0. The molecule has 12 nitrogen and oxygen atoms in total. The summed E-state index contributed by atoms with van der Waals surface area (Å²) in [5.74, 6) is 0.185. The van der Waals surface area contributed by atoms with E-state index < -0.39 is 6.10 Å². The van der Waals surface area contributed by atoms with Gasteiger partial charge in [0.25, 0.3) is 0 Å². The number of ether oxygens (including phenoxy) is 8. The van der Waals surface area contributed by atoms with Gasteiger partial charge in [-0.3, -0.25) is 0 Å². The molecule has 5 heterocycles. The molecule has 0 aromatic carbocycles. The second-order valence-electron chi connectivity index (χ2n) is 9.89. The lowest BCUT2D eigenvalue weighted by molar-refractivity contribution is -0.150. The molecule has 5 saturated heterocycles. The second-order valence-corrected chi connectivity index (χ2v) is 9.89. The van der Waals surface area contributed by atoms with E-state index in [9.17, 15) is 0 Å². The number of aliphatic hydroxyl groups excluding tert-OH is 4. The van der Waals surface area contributed by atoms with Crippen LogP contribution in [-0.2, 0) is 37.9 Å². The highest BCUT2D eigenvalue weighted by Gasteiger charge is 2.31. The standard InChI is InChI=1S/C7H14O2.C6H12O2.C5H10O2.2C4H8O3/c1-4-6-5-8-7(2,3)9-6;7-5-6-1-3-8-4-2-6;6-4-5-2-1-3-7-5;5-4-1-6-3-7-2-4;5-1-4-2-6-3-7-4/h6H,4-5H2,1-3H3;6-7H,1-5H2;5-6H,1-4H2;2*4-5H,1-3H2. The molecule has 0 aromatic rings. The third-order valence-electron chi connectivity index (χ3n) is 6.03. The van der Waals surface area contributed by atoms with Crippen molar-refractivity contribution >= 4 is 0 Å². The Morgan fingerprint density at radius 1 is 0.684 bits per heavy atom. The maximum atomic E-state index is 8.66. The molecule has 0 amide bonds. The summed E-state index contributed by atoms with van der Waals surface area (Å²) in [5, 5.41) is 34.1. The molecule has 5 aliphatic heterocycles. The average Bonchev–Trinajstić information content (AvgIpc) is 3.73. The van der Waals surface area contributed by atoms with Gasteiger partial charge in [0.05, 0.1) is 51.8 Å². The van der Waals surface area contributed by atoms with Crippen molar-refractivity contribution in [1.29, 1.82) is 0 Å². The van der Waals surface area contributed by atoms with Crippen LogP contribution in [0.25, 0.3) is 0 Å². The summed E-state index contributed by atoms with van der Waals surface area (Å²) >= 11 is 0. The molecule has 0 aromatic heterocycles. The van der Waals surface area contributed by atoms with Crippen LogP contribution in [0.2, 0.25) is 0 Å². The molecular formula is C26H52O12. The monoisotopic (exact) mass is 556 g/mol. The van der Waals surface area contributed by atoms with E-state index in [4.69, 9.17) is 58.3 Å². The summed E-state index contributed by atoms with van der Waals surface area (Å²) in [7, 11) is 0. The predicted octanol–water partition coefficient (Wildman–Crippen LogP) is 0.814. The highest BCUT2D eigenvalue weighted by molar-refractivity contribution is 4.68. The van der Waals surface area contributed by atoms with Crippen molar-refractivity contribution in [3.05, 3.63) is 0 Å². The molecule has 0 aliphatic carbocycles. The number of rotatable bonds is 4. The van der Waals surface area contributed by atoms with Gasteiger partial charge in [0, 0.05) is 26.4 Å². The van der Waals surface area contributed by atoms with Gasteiger partial charge >= 0.3 is 0 Å². The maximum absolute atomic E-state index is 8.66. The van der Waals surface area contributed by atoms with Gasteiger partial charge in [0.2, 0.25) is 0 Å². The van der Waals surface area contributed by atoms with Crippen molar-refractivity contribution < 1.29 is 58.3 Å². The topological polar surface area (TPSA) is 155 Å². The minimum Gasteiger partial charge on any atom is -0.396 e. The van der Waals surface area contributed by atoms with Crippen LogP contribution in [0.4, 0.5) is 0 Å². The largest absolute Gasteiger partial charge is 0.396 e. The lowest BCUT2D eigenvalue weighted by Gasteiger charge is -2.18. The number of hydrogen-bond donors (Lipinski definition) is 4. The highest BCUT2D eigenvalue weighted by Crippen LogP contribution is 2.23. The second kappa shape index (κ2) is 22.2. The fraction of sp³-hybridized carbons (Fsp3) is 1.00. The minimum atomic E-state index is -0.409. The zero-order chi connectivity index (χ0) is 28.1. The van der Waals surface area contributed by atoms with Crippen LogP contribution in [0.3, 0.4) is 0 Å². The number of hydrogen-bond acceptors (Lipinski definition) is 12. The average molecular weight is 557 g/mol. The van der Waals surface area contributed by atoms with Crippen LogP contribution in [0, 0.1) is 5.92 Å². The third kappa shape index (κ3) is 18.0. The zero-order valence-electron chi connectivity index (χ0n) is 23.5. The van der Waals surface area contributed by atoms with Crippen molar-refractivity contribution in [3.63, 3.8) is 0 Å². The van der Waals surface area contributed by atoms with E-state index in [1.807, 2.05) is 13.8 Å². The lowest BCUT2D eigenvalue weighted by atomic mass is 10.0. The molecule has 5 fully saturated rings. The van der Waals surface area contributed by atoms with E-state index >= 15 is 0 Å². The van der Waals surface area contributed by atoms with E-state index in [2.05, 4.69) is 6.92 Å². The maximum Gasteiger partial charge on any atom is 0.163 e. The molecule has 0 radical (unpaired) electrons. The molecule has 228 valence electrons. The van der Waals surface area contributed by atoms with Crippen LogP contribution >= 0.6 is 0 Å². The highest BCUT2D eigenvalue weighted by atomic mass is 16.7. The molecule has 5 aliphatic rings. The van der Waals surface area contributed by atoms with Gasteiger partial charge < -0.3 is 58.3 Å². The van der Waals surface area contributed by atoms with Crippen molar-refractivity contribution in [2.75, 3.05) is 79.7 Å². The minimum absolute atomic E-state index is 0.0694. The van der Waals surface area contributed by atoms with E-state index in [0.29, 0.717) is 52.0 Å². The van der Waals surface area contributed by atoms with Crippen LogP contribution in [0.5, 0.6) is 0 Å². The van der Waals surface area contributed by atoms with Gasteiger partial charge in [-0.15, -0.1) is 0 Å². The van der Waals surface area contributed by atoms with Crippen molar-refractivity contribution in [1.82, 2.24) is 0 Å². The van der Waals surface area contributed by atoms with Crippen molar-refractivity contribution in [3.8, 4) is 0 Å². The summed E-state index contributed by atoms with van der Waals surface area (Å²) in [6.45, 7) is 11.9. The van der Waals surface area contributed by atoms with Gasteiger partial charge in [-0.1, -0.05) is 6.92 Å². The molecular weight excluding hydrogens is 504 g/mol. The molecule has 0 saturated carbocycles. The molecule has 3 unspecified atom stereocenters. The van der Waals surface area contributed by atoms with Gasteiger partial charge in [-0.25, -0.2) is 0 Å². The molecule has 12 heteroatoms. The third-order valence-corrected chi connectivity index (χ3v) is 6.03. The predicted molar refractivity (Wildman–Crippen MR) is 137 cm³/mol. The Morgan fingerprint density at radius 3 is 1.63 bits per heavy atom. The fourth-order valence-corrected chi connectivity index (χ4v) is 3.63. The molecule has 0 bridgehead atoms. The first-order chi connectivity index (χ1) is 18.3. The Kier molecular flexibility index (Phi) is 20.8. The SMILES string of the molecule is CCC1COC(C)(C)O1.OC1COCOC1.OCC1CCCO1.OCC1CCOCC1.OCC1COCO1. The lowest BCUT2D eigenvalue weighted by Crippen LogP contribution is -2.28. The van der Waals surface area contributed by atoms with Crippen LogP contribution in [-0.4, -0.2) is 130 Å². The molecule has 0 spiro atoms. The van der Waals surface area contributed by atoms with Gasteiger partial charge in [0.1, 0.15) is 25.8 Å². The zero-order valence-corrected chi connectivity index (χ0v) is 23.5. The smallest absolute Gasteiger partial charge is 0.163 e. The van der Waals surface area contributed by atoms with Crippen LogP contribution in [0.15, 0.2) is 0 Å². The first-order valence-corrected chi connectivity index (χ1v) is 13.7.